The number of ether oxygens (including phenoxy) is 3. The minimum absolute atomic E-state index is 0.0987. The summed E-state index contributed by atoms with van der Waals surface area (Å²) in [5.74, 6) is 0.381. The van der Waals surface area contributed by atoms with Crippen LogP contribution in [0.1, 0.15) is 74.4 Å². The van der Waals surface area contributed by atoms with Gasteiger partial charge in [0.25, 0.3) is 5.91 Å². The molecule has 8 nitrogen and oxygen atoms in total. The Kier molecular flexibility index (Phi) is 10.3. The molecule has 0 unspecified atom stereocenters. The van der Waals surface area contributed by atoms with E-state index in [0.717, 1.165) is 55.9 Å². The Labute approximate surface area is 285 Å². The Bertz CT molecular complexity index is 1600. The zero-order valence-corrected chi connectivity index (χ0v) is 29.6. The van der Waals surface area contributed by atoms with Crippen molar-refractivity contribution in [2.75, 3.05) is 44.9 Å². The van der Waals surface area contributed by atoms with Crippen molar-refractivity contribution in [1.82, 2.24) is 4.72 Å². The lowest BCUT2D eigenvalue weighted by atomic mass is 9.68. The molecule has 2 bridgehead atoms. The molecule has 0 saturated heterocycles. The van der Waals surface area contributed by atoms with Gasteiger partial charge in [-0.05, 0) is 104 Å². The van der Waals surface area contributed by atoms with Crippen molar-refractivity contribution in [3.63, 3.8) is 0 Å². The van der Waals surface area contributed by atoms with Gasteiger partial charge in [-0.1, -0.05) is 50.6 Å². The first-order chi connectivity index (χ1) is 22.5. The third-order valence-electron chi connectivity index (χ3n) is 10.9. The number of nitrogens with one attached hydrogen (secondary N) is 1. The maximum absolute atomic E-state index is 13.8. The summed E-state index contributed by atoms with van der Waals surface area (Å²) in [6.07, 6.45) is 9.81. The van der Waals surface area contributed by atoms with E-state index in [9.17, 15) is 13.2 Å². The van der Waals surface area contributed by atoms with Crippen LogP contribution < -0.4 is 14.4 Å². The fraction of sp³-hybridized carbons (Fsp3) is 0.595. The van der Waals surface area contributed by atoms with Crippen LogP contribution in [0.4, 0.5) is 5.69 Å². The molecule has 1 fully saturated rings. The number of amides is 1. The number of carbonyl (C=O) groups excluding carboxylic acids is 1. The average molecular weight is 685 g/mol. The van der Waals surface area contributed by atoms with Crippen LogP contribution in [0.5, 0.6) is 5.75 Å². The molecule has 2 aliphatic heterocycles. The van der Waals surface area contributed by atoms with Gasteiger partial charge in [-0.3, -0.25) is 4.79 Å². The summed E-state index contributed by atoms with van der Waals surface area (Å²) >= 11 is 6.44. The van der Waals surface area contributed by atoms with Gasteiger partial charge in [-0.2, -0.15) is 0 Å². The van der Waals surface area contributed by atoms with Gasteiger partial charge in [-0.15, -0.1) is 0 Å². The summed E-state index contributed by atoms with van der Waals surface area (Å²) < 4.78 is 48.3. The predicted molar refractivity (Wildman–Crippen MR) is 186 cm³/mol. The standard InChI is InChI=1S/C37H49ClN2O6S/c1-24(2)35-25(3)7-5-9-33(45-18-17-44-4)30-13-10-28(30)21-40-22-37(16-6-8-26-19-29(38)12-14-31(26)37)23-46-34-15-11-27(20-32(34)40)36(41)39-47(35,42)43/h5,9,11-12,14-15,19-20,24-25,28,30,33,35H,6-8,10,13,16-18,21-23H2,1-4H3,(H,39,41)/b9-5-/t25-,28+,30-,33+,35-,37+/m1/s1. The number of fused-ring (bicyclic) bond motifs is 4. The molecular weight excluding hydrogens is 636 g/mol. The first kappa shape index (κ1) is 34.3. The number of carbonyl (C=O) groups is 1. The summed E-state index contributed by atoms with van der Waals surface area (Å²) in [7, 11) is -2.30. The number of aryl methyl sites for hydroxylation is 1. The zero-order chi connectivity index (χ0) is 33.3. The zero-order valence-electron chi connectivity index (χ0n) is 28.0. The van der Waals surface area contributed by atoms with Crippen LogP contribution in [0, 0.1) is 23.7 Å². The molecule has 1 saturated carbocycles. The molecular formula is C37H49ClN2O6S. The fourth-order valence-electron chi connectivity index (χ4n) is 8.52. The van der Waals surface area contributed by atoms with Crippen molar-refractivity contribution in [1.29, 1.82) is 0 Å². The minimum Gasteiger partial charge on any atom is -0.490 e. The van der Waals surface area contributed by atoms with Gasteiger partial charge in [0.1, 0.15) is 5.75 Å². The molecule has 256 valence electrons. The Morgan fingerprint density at radius 1 is 1.15 bits per heavy atom. The molecule has 0 aromatic heterocycles. The summed E-state index contributed by atoms with van der Waals surface area (Å²) in [5, 5.41) is 0.00179. The molecule has 0 radical (unpaired) electrons. The SMILES string of the molecule is COCCO[C@H]1/C=C\C[C@@H](C)[C@@H](C(C)C)S(=O)(=O)NC(=O)c2ccc3c(c2)N(C[C@@H]2CC[C@H]21)C[C@@]1(CCCc2cc(Cl)ccc21)CO3. The van der Waals surface area contributed by atoms with Gasteiger partial charge >= 0.3 is 0 Å². The summed E-state index contributed by atoms with van der Waals surface area (Å²) in [6, 6.07) is 11.6. The third kappa shape index (κ3) is 7.10. The van der Waals surface area contributed by atoms with Crippen LogP contribution in [0.3, 0.4) is 0 Å². The molecule has 2 aliphatic carbocycles. The lowest BCUT2D eigenvalue weighted by molar-refractivity contribution is -0.0309. The summed E-state index contributed by atoms with van der Waals surface area (Å²) in [5.41, 5.74) is 3.43. The molecule has 2 aromatic carbocycles. The molecule has 6 rings (SSSR count). The predicted octanol–water partition coefficient (Wildman–Crippen LogP) is 6.55. The Balaban J connectivity index is 1.42. The van der Waals surface area contributed by atoms with E-state index in [-0.39, 0.29) is 23.4 Å². The van der Waals surface area contributed by atoms with Gasteiger partial charge in [0.2, 0.25) is 10.0 Å². The number of nitrogens with zero attached hydrogens (tertiary/aromatic N) is 1. The van der Waals surface area contributed by atoms with E-state index in [1.165, 1.54) is 11.1 Å². The van der Waals surface area contributed by atoms with Gasteiger partial charge in [0.05, 0.1) is 36.9 Å². The number of anilines is 1. The smallest absolute Gasteiger partial charge is 0.264 e. The number of benzene rings is 2. The van der Waals surface area contributed by atoms with E-state index in [0.29, 0.717) is 49.4 Å². The molecule has 47 heavy (non-hydrogen) atoms. The summed E-state index contributed by atoms with van der Waals surface area (Å²) in [4.78, 5) is 16.1. The molecule has 1 N–H and O–H groups in total. The van der Waals surface area contributed by atoms with Crippen molar-refractivity contribution < 1.29 is 27.4 Å². The van der Waals surface area contributed by atoms with Gasteiger partial charge in [0.15, 0.2) is 0 Å². The minimum atomic E-state index is -3.97. The Hall–Kier alpha value is -2.59. The van der Waals surface area contributed by atoms with Crippen LogP contribution in [0.25, 0.3) is 0 Å². The highest BCUT2D eigenvalue weighted by molar-refractivity contribution is 7.90. The molecule has 2 heterocycles. The number of hydrogen-bond acceptors (Lipinski definition) is 7. The van der Waals surface area contributed by atoms with E-state index >= 15 is 0 Å². The molecule has 1 amide bonds. The van der Waals surface area contributed by atoms with Crippen LogP contribution >= 0.6 is 11.6 Å². The number of rotatable bonds is 5. The average Bonchev–Trinajstić information content (AvgIpc) is 3.15. The van der Waals surface area contributed by atoms with Gasteiger partial charge in [-0.25, -0.2) is 13.1 Å². The fourth-order valence-corrected chi connectivity index (χ4v) is 10.7. The number of hydrogen-bond donors (Lipinski definition) is 1. The lowest BCUT2D eigenvalue weighted by Crippen LogP contribution is -2.49. The molecule has 1 spiro atoms. The van der Waals surface area contributed by atoms with Gasteiger partial charge < -0.3 is 19.1 Å². The van der Waals surface area contributed by atoms with Crippen molar-refractivity contribution in [3.8, 4) is 5.75 Å². The normalized spacial score (nSPS) is 31.1. The van der Waals surface area contributed by atoms with E-state index in [2.05, 4.69) is 33.9 Å². The second kappa shape index (κ2) is 14.1. The number of methoxy groups -OCH3 is 1. The van der Waals surface area contributed by atoms with Crippen LogP contribution in [-0.4, -0.2) is 65.7 Å². The van der Waals surface area contributed by atoms with E-state index in [1.54, 1.807) is 13.2 Å². The number of sulfonamides is 1. The number of allylic oxidation sites excluding steroid dienone is 1. The first-order valence-electron chi connectivity index (χ1n) is 17.2. The quantitative estimate of drug-likeness (QED) is 0.282. The van der Waals surface area contributed by atoms with E-state index < -0.39 is 21.2 Å². The number of halogens is 1. The van der Waals surface area contributed by atoms with Crippen molar-refractivity contribution in [2.45, 2.75) is 76.1 Å². The maximum Gasteiger partial charge on any atom is 0.264 e. The topological polar surface area (TPSA) is 94.2 Å². The van der Waals surface area contributed by atoms with E-state index in [4.69, 9.17) is 25.8 Å². The van der Waals surface area contributed by atoms with Crippen LogP contribution in [0.2, 0.25) is 5.02 Å². The van der Waals surface area contributed by atoms with Crippen molar-refractivity contribution >= 4 is 33.2 Å². The second-order valence-electron chi connectivity index (χ2n) is 14.4. The molecule has 4 aliphatic rings. The monoisotopic (exact) mass is 684 g/mol. The Morgan fingerprint density at radius 2 is 1.98 bits per heavy atom. The first-order valence-corrected chi connectivity index (χ1v) is 19.1. The van der Waals surface area contributed by atoms with Crippen molar-refractivity contribution in [3.05, 3.63) is 70.3 Å². The third-order valence-corrected chi connectivity index (χ3v) is 13.3. The van der Waals surface area contributed by atoms with Crippen LogP contribution in [0.15, 0.2) is 48.6 Å². The van der Waals surface area contributed by atoms with Gasteiger partial charge in [0, 0.05) is 36.2 Å². The largest absolute Gasteiger partial charge is 0.490 e. The second-order valence-corrected chi connectivity index (χ2v) is 16.7. The van der Waals surface area contributed by atoms with Crippen molar-refractivity contribution in [2.24, 2.45) is 23.7 Å². The van der Waals surface area contributed by atoms with Crippen LogP contribution in [-0.2, 0) is 31.3 Å². The summed E-state index contributed by atoms with van der Waals surface area (Å²) in [6.45, 7) is 8.75. The molecule has 6 atom stereocenters. The Morgan fingerprint density at radius 3 is 2.72 bits per heavy atom. The lowest BCUT2D eigenvalue weighted by Gasteiger charge is -2.46. The van der Waals surface area contributed by atoms with E-state index in [1.807, 2.05) is 39.0 Å². The highest BCUT2D eigenvalue weighted by Crippen LogP contribution is 2.47. The highest BCUT2D eigenvalue weighted by Gasteiger charge is 2.45. The molecule has 10 heteroatoms. The molecule has 2 aromatic rings. The maximum atomic E-state index is 13.8. The highest BCUT2D eigenvalue weighted by atomic mass is 35.5.